The van der Waals surface area contributed by atoms with Crippen LogP contribution < -0.4 is 10.6 Å². The smallest absolute Gasteiger partial charge is 0.275 e. The van der Waals surface area contributed by atoms with Crippen LogP contribution in [-0.2, 0) is 11.3 Å². The molecule has 4 heteroatoms. The number of amides is 1. The Labute approximate surface area is 147 Å². The van der Waals surface area contributed by atoms with Gasteiger partial charge in [0.25, 0.3) is 5.91 Å². The van der Waals surface area contributed by atoms with Crippen molar-refractivity contribution in [3.05, 3.63) is 95.4 Å². The summed E-state index contributed by atoms with van der Waals surface area (Å²) in [5.41, 5.74) is 3.44. The highest BCUT2D eigenvalue weighted by molar-refractivity contribution is 5.76. The normalized spacial score (nSPS) is 11.9. The van der Waals surface area contributed by atoms with Crippen LogP contribution in [0.25, 0.3) is 0 Å². The van der Waals surface area contributed by atoms with Crippen LogP contribution in [0.1, 0.15) is 28.5 Å². The maximum absolute atomic E-state index is 12.3. The van der Waals surface area contributed by atoms with Crippen LogP contribution in [0.5, 0.6) is 0 Å². The molecular formula is C21H23N2O2+. The van der Waals surface area contributed by atoms with Gasteiger partial charge in [0, 0.05) is 12.1 Å². The second kappa shape index (κ2) is 8.31. The third-order valence-corrected chi connectivity index (χ3v) is 4.28. The highest BCUT2D eigenvalue weighted by Crippen LogP contribution is 2.18. The summed E-state index contributed by atoms with van der Waals surface area (Å²) in [6.07, 6.45) is 1.66. The minimum atomic E-state index is -0.0274. The molecule has 0 saturated carbocycles. The van der Waals surface area contributed by atoms with Gasteiger partial charge in [0.2, 0.25) is 0 Å². The third-order valence-electron chi connectivity index (χ3n) is 4.28. The Hall–Kier alpha value is -2.85. The molecule has 1 amide bonds. The molecule has 25 heavy (non-hydrogen) atoms. The van der Waals surface area contributed by atoms with Gasteiger partial charge in [0.1, 0.15) is 0 Å². The SMILES string of the molecule is Cc1ccccc1CNC(=O)C[NH2+][C@H](c1ccccc1)c1ccco1. The van der Waals surface area contributed by atoms with E-state index in [-0.39, 0.29) is 11.9 Å². The Morgan fingerprint density at radius 2 is 1.80 bits per heavy atom. The van der Waals surface area contributed by atoms with E-state index in [2.05, 4.69) is 30.4 Å². The largest absolute Gasteiger partial charge is 0.463 e. The average Bonchev–Trinajstić information content (AvgIpc) is 3.16. The molecule has 128 valence electrons. The highest BCUT2D eigenvalue weighted by atomic mass is 16.3. The molecule has 1 atom stereocenters. The third kappa shape index (κ3) is 4.58. The summed E-state index contributed by atoms with van der Waals surface area (Å²) < 4.78 is 5.56. The van der Waals surface area contributed by atoms with Crippen molar-refractivity contribution in [3.8, 4) is 0 Å². The zero-order valence-electron chi connectivity index (χ0n) is 14.3. The fourth-order valence-electron chi connectivity index (χ4n) is 2.84. The number of hydrogen-bond donors (Lipinski definition) is 2. The quantitative estimate of drug-likeness (QED) is 0.697. The number of hydrogen-bond acceptors (Lipinski definition) is 2. The van der Waals surface area contributed by atoms with Gasteiger partial charge >= 0.3 is 0 Å². The van der Waals surface area contributed by atoms with E-state index in [1.807, 2.05) is 53.8 Å². The first-order chi connectivity index (χ1) is 12.2. The molecule has 0 radical (unpaired) electrons. The van der Waals surface area contributed by atoms with Crippen molar-refractivity contribution in [3.63, 3.8) is 0 Å². The molecule has 0 fully saturated rings. The number of furan rings is 1. The molecule has 4 nitrogen and oxygen atoms in total. The van der Waals surface area contributed by atoms with Gasteiger partial charge in [-0.15, -0.1) is 0 Å². The summed E-state index contributed by atoms with van der Waals surface area (Å²) in [6.45, 7) is 2.94. The summed E-state index contributed by atoms with van der Waals surface area (Å²) in [6, 6.07) is 21.9. The minimum absolute atomic E-state index is 0.00994. The minimum Gasteiger partial charge on any atom is -0.463 e. The van der Waals surface area contributed by atoms with Crippen molar-refractivity contribution in [1.29, 1.82) is 0 Å². The van der Waals surface area contributed by atoms with Crippen LogP contribution in [0.15, 0.2) is 77.4 Å². The molecule has 0 saturated heterocycles. The lowest BCUT2D eigenvalue weighted by atomic mass is 10.0. The number of benzene rings is 2. The predicted octanol–water partition coefficient (Wildman–Crippen LogP) is 2.56. The number of carbonyl (C=O) groups excluding carboxylic acids is 1. The maximum Gasteiger partial charge on any atom is 0.275 e. The van der Waals surface area contributed by atoms with Gasteiger partial charge in [-0.3, -0.25) is 4.79 Å². The van der Waals surface area contributed by atoms with Gasteiger partial charge in [0.15, 0.2) is 18.3 Å². The maximum atomic E-state index is 12.3. The van der Waals surface area contributed by atoms with E-state index >= 15 is 0 Å². The summed E-state index contributed by atoms with van der Waals surface area (Å²) in [5, 5.41) is 4.99. The molecule has 1 heterocycles. The van der Waals surface area contributed by atoms with Crippen molar-refractivity contribution in [1.82, 2.24) is 5.32 Å². The topological polar surface area (TPSA) is 58.9 Å². The van der Waals surface area contributed by atoms with Crippen LogP contribution in [0.2, 0.25) is 0 Å². The first kappa shape index (κ1) is 17.0. The van der Waals surface area contributed by atoms with E-state index in [0.29, 0.717) is 13.1 Å². The van der Waals surface area contributed by atoms with Crippen molar-refractivity contribution < 1.29 is 14.5 Å². The van der Waals surface area contributed by atoms with Crippen LogP contribution in [0.4, 0.5) is 0 Å². The molecule has 0 bridgehead atoms. The Morgan fingerprint density at radius 3 is 2.52 bits per heavy atom. The van der Waals surface area contributed by atoms with E-state index in [1.165, 1.54) is 5.56 Å². The molecule has 0 aliphatic carbocycles. The standard InChI is InChI=1S/C21H22N2O2/c1-16-8-5-6-11-18(16)14-22-20(24)15-23-21(19-12-7-13-25-19)17-9-3-2-4-10-17/h2-13,21,23H,14-15H2,1H3,(H,22,24)/p+1/t21-/m1/s1. The van der Waals surface area contributed by atoms with E-state index in [4.69, 9.17) is 4.42 Å². The average molecular weight is 335 g/mol. The van der Waals surface area contributed by atoms with E-state index in [1.54, 1.807) is 6.26 Å². The van der Waals surface area contributed by atoms with E-state index in [0.717, 1.165) is 16.9 Å². The van der Waals surface area contributed by atoms with Gasteiger partial charge in [-0.1, -0.05) is 54.6 Å². The lowest BCUT2D eigenvalue weighted by Gasteiger charge is -2.14. The molecule has 3 N–H and O–H groups in total. The van der Waals surface area contributed by atoms with Crippen molar-refractivity contribution >= 4 is 5.91 Å². The van der Waals surface area contributed by atoms with Crippen LogP contribution in [-0.4, -0.2) is 12.5 Å². The van der Waals surface area contributed by atoms with E-state index < -0.39 is 0 Å². The van der Waals surface area contributed by atoms with Gasteiger partial charge in [-0.25, -0.2) is 0 Å². The molecule has 1 aromatic heterocycles. The summed E-state index contributed by atoms with van der Waals surface area (Å²) >= 11 is 0. The Bertz CT molecular complexity index is 798. The molecular weight excluding hydrogens is 312 g/mol. The summed E-state index contributed by atoms with van der Waals surface area (Å²) in [5.74, 6) is 0.855. The van der Waals surface area contributed by atoms with Gasteiger partial charge in [0.05, 0.1) is 6.26 Å². The fourth-order valence-corrected chi connectivity index (χ4v) is 2.84. The molecule has 3 rings (SSSR count). The molecule has 0 spiro atoms. The first-order valence-electron chi connectivity index (χ1n) is 8.47. The number of aryl methyl sites for hydroxylation is 1. The van der Waals surface area contributed by atoms with Gasteiger partial charge in [-0.2, -0.15) is 0 Å². The molecule has 0 aliphatic rings. The Morgan fingerprint density at radius 1 is 1.04 bits per heavy atom. The summed E-state index contributed by atoms with van der Waals surface area (Å²) in [7, 11) is 0. The van der Waals surface area contributed by atoms with Crippen molar-refractivity contribution in [2.75, 3.05) is 6.54 Å². The lowest BCUT2D eigenvalue weighted by molar-refractivity contribution is -0.678. The van der Waals surface area contributed by atoms with Crippen molar-refractivity contribution in [2.45, 2.75) is 19.5 Å². The van der Waals surface area contributed by atoms with E-state index in [9.17, 15) is 4.79 Å². The molecule has 0 aliphatic heterocycles. The lowest BCUT2D eigenvalue weighted by Crippen LogP contribution is -2.87. The second-order valence-electron chi connectivity index (χ2n) is 6.05. The van der Waals surface area contributed by atoms with Crippen LogP contribution >= 0.6 is 0 Å². The molecule has 3 aromatic rings. The molecule has 0 unspecified atom stereocenters. The predicted molar refractivity (Wildman–Crippen MR) is 96.8 cm³/mol. The number of nitrogens with one attached hydrogen (secondary N) is 1. The second-order valence-corrected chi connectivity index (χ2v) is 6.05. The first-order valence-corrected chi connectivity index (χ1v) is 8.47. The van der Waals surface area contributed by atoms with Gasteiger partial charge in [-0.05, 0) is 30.2 Å². The monoisotopic (exact) mass is 335 g/mol. The molecule has 2 aromatic carbocycles. The highest BCUT2D eigenvalue weighted by Gasteiger charge is 2.21. The van der Waals surface area contributed by atoms with Crippen molar-refractivity contribution in [2.24, 2.45) is 0 Å². The number of nitrogens with two attached hydrogens (primary N) is 1. The number of quaternary nitrogens is 1. The number of rotatable bonds is 7. The van der Waals surface area contributed by atoms with Crippen LogP contribution in [0, 0.1) is 6.92 Å². The zero-order valence-corrected chi connectivity index (χ0v) is 14.3. The number of carbonyl (C=O) groups is 1. The summed E-state index contributed by atoms with van der Waals surface area (Å²) in [4.78, 5) is 12.3. The van der Waals surface area contributed by atoms with Gasteiger partial charge < -0.3 is 15.1 Å². The Balaban J connectivity index is 1.60. The van der Waals surface area contributed by atoms with Crippen LogP contribution in [0.3, 0.4) is 0 Å². The Kier molecular flexibility index (Phi) is 5.65. The zero-order chi connectivity index (χ0) is 17.5. The fraction of sp³-hybridized carbons (Fsp3) is 0.190.